The number of nitrogens with zero attached hydrogens (tertiary/aromatic N) is 2. The van der Waals surface area contributed by atoms with E-state index in [-0.39, 0.29) is 6.03 Å². The zero-order valence-corrected chi connectivity index (χ0v) is 16.1. The highest BCUT2D eigenvalue weighted by Gasteiger charge is 2.21. The molecule has 1 saturated heterocycles. The molecule has 1 N–H and O–H groups in total. The van der Waals surface area contributed by atoms with E-state index in [9.17, 15) is 4.79 Å². The number of hydrogen-bond donors (Lipinski definition) is 1. The van der Waals surface area contributed by atoms with Gasteiger partial charge in [0, 0.05) is 38.1 Å². The molecule has 0 radical (unpaired) electrons. The average Bonchev–Trinajstić information content (AvgIpc) is 2.74. The predicted molar refractivity (Wildman–Crippen MR) is 113 cm³/mol. The van der Waals surface area contributed by atoms with E-state index in [1.807, 2.05) is 47.4 Å². The van der Waals surface area contributed by atoms with Gasteiger partial charge in [-0.25, -0.2) is 4.79 Å². The molecule has 144 valence electrons. The van der Waals surface area contributed by atoms with Crippen LogP contribution in [0.5, 0.6) is 5.75 Å². The third-order valence-corrected chi connectivity index (χ3v) is 5.23. The zero-order chi connectivity index (χ0) is 19.3. The third-order valence-electron chi connectivity index (χ3n) is 5.23. The summed E-state index contributed by atoms with van der Waals surface area (Å²) in [5, 5.41) is 5.28. The van der Waals surface area contributed by atoms with Crippen molar-refractivity contribution in [1.82, 2.24) is 9.80 Å². The monoisotopic (exact) mass is 375 g/mol. The number of piperazine rings is 1. The second-order valence-corrected chi connectivity index (χ2v) is 7.07. The van der Waals surface area contributed by atoms with Crippen LogP contribution in [-0.2, 0) is 6.54 Å². The molecular weight excluding hydrogens is 350 g/mol. The molecule has 0 aliphatic carbocycles. The highest BCUT2D eigenvalue weighted by atomic mass is 16.5. The van der Waals surface area contributed by atoms with E-state index in [2.05, 4.69) is 34.5 Å². The molecule has 0 saturated carbocycles. The van der Waals surface area contributed by atoms with E-state index < -0.39 is 0 Å². The van der Waals surface area contributed by atoms with Crippen molar-refractivity contribution in [2.45, 2.75) is 6.54 Å². The lowest BCUT2D eigenvalue weighted by Crippen LogP contribution is -2.49. The van der Waals surface area contributed by atoms with Crippen molar-refractivity contribution < 1.29 is 9.53 Å². The van der Waals surface area contributed by atoms with Gasteiger partial charge in [-0.1, -0.05) is 48.5 Å². The highest BCUT2D eigenvalue weighted by molar-refractivity contribution is 6.01. The van der Waals surface area contributed by atoms with Crippen LogP contribution in [0.3, 0.4) is 0 Å². The lowest BCUT2D eigenvalue weighted by molar-refractivity contribution is 0.143. The predicted octanol–water partition coefficient (Wildman–Crippen LogP) is 4.20. The van der Waals surface area contributed by atoms with Crippen molar-refractivity contribution >= 4 is 22.5 Å². The second-order valence-electron chi connectivity index (χ2n) is 7.07. The van der Waals surface area contributed by atoms with Gasteiger partial charge in [0.15, 0.2) is 0 Å². The fourth-order valence-electron chi connectivity index (χ4n) is 3.67. The summed E-state index contributed by atoms with van der Waals surface area (Å²) in [4.78, 5) is 17.0. The molecule has 5 nitrogen and oxygen atoms in total. The third kappa shape index (κ3) is 4.10. The molecule has 1 heterocycles. The van der Waals surface area contributed by atoms with Crippen molar-refractivity contribution in [3.8, 4) is 5.75 Å². The topological polar surface area (TPSA) is 44.8 Å². The molecule has 2 amide bonds. The van der Waals surface area contributed by atoms with Gasteiger partial charge in [0.1, 0.15) is 5.75 Å². The molecule has 0 bridgehead atoms. The van der Waals surface area contributed by atoms with Gasteiger partial charge in [0.2, 0.25) is 0 Å². The van der Waals surface area contributed by atoms with Gasteiger partial charge in [0.25, 0.3) is 0 Å². The Morgan fingerprint density at radius 2 is 1.71 bits per heavy atom. The number of ether oxygens (including phenoxy) is 1. The Morgan fingerprint density at radius 3 is 2.54 bits per heavy atom. The van der Waals surface area contributed by atoms with Crippen LogP contribution >= 0.6 is 0 Å². The van der Waals surface area contributed by atoms with Crippen molar-refractivity contribution in [1.29, 1.82) is 0 Å². The van der Waals surface area contributed by atoms with E-state index >= 15 is 0 Å². The number of carbonyl (C=O) groups is 1. The number of urea groups is 1. The molecule has 5 heteroatoms. The van der Waals surface area contributed by atoms with Gasteiger partial charge < -0.3 is 15.0 Å². The Kier molecular flexibility index (Phi) is 5.44. The Morgan fingerprint density at radius 1 is 0.964 bits per heavy atom. The van der Waals surface area contributed by atoms with Gasteiger partial charge >= 0.3 is 6.03 Å². The maximum Gasteiger partial charge on any atom is 0.321 e. The van der Waals surface area contributed by atoms with Crippen LogP contribution < -0.4 is 10.1 Å². The van der Waals surface area contributed by atoms with Crippen LogP contribution in [-0.4, -0.2) is 49.1 Å². The molecule has 0 aromatic heterocycles. The summed E-state index contributed by atoms with van der Waals surface area (Å²) in [6, 6.07) is 22.2. The van der Waals surface area contributed by atoms with E-state index in [4.69, 9.17) is 4.74 Å². The van der Waals surface area contributed by atoms with Gasteiger partial charge in [0.05, 0.1) is 12.8 Å². The number of amides is 2. The fourth-order valence-corrected chi connectivity index (χ4v) is 3.67. The molecule has 4 rings (SSSR count). The summed E-state index contributed by atoms with van der Waals surface area (Å²) in [5.74, 6) is 0.880. The second kappa shape index (κ2) is 8.31. The van der Waals surface area contributed by atoms with E-state index in [1.165, 1.54) is 5.56 Å². The number of fused-ring (bicyclic) bond motifs is 1. The molecule has 28 heavy (non-hydrogen) atoms. The van der Waals surface area contributed by atoms with Crippen LogP contribution in [0, 0.1) is 0 Å². The average molecular weight is 375 g/mol. The molecule has 0 atom stereocenters. The minimum Gasteiger partial charge on any atom is -0.497 e. The summed E-state index contributed by atoms with van der Waals surface area (Å²) in [5.41, 5.74) is 2.09. The Hall–Kier alpha value is -3.05. The number of anilines is 1. The SMILES string of the molecule is COc1cccc(CN2CCN(C(=O)Nc3cccc4ccccc34)CC2)c1. The van der Waals surface area contributed by atoms with Crippen LogP contribution in [0.2, 0.25) is 0 Å². The number of nitrogens with one attached hydrogen (secondary N) is 1. The number of hydrogen-bond acceptors (Lipinski definition) is 3. The van der Waals surface area contributed by atoms with Crippen LogP contribution in [0.1, 0.15) is 5.56 Å². The molecule has 0 spiro atoms. The van der Waals surface area contributed by atoms with Crippen molar-refractivity contribution in [2.75, 3.05) is 38.6 Å². The van der Waals surface area contributed by atoms with Crippen LogP contribution in [0.4, 0.5) is 10.5 Å². The molecule has 1 aliphatic rings. The Bertz CT molecular complexity index is 959. The van der Waals surface area contributed by atoms with Crippen LogP contribution in [0.15, 0.2) is 66.7 Å². The minimum atomic E-state index is -0.0302. The lowest BCUT2D eigenvalue weighted by Gasteiger charge is -2.34. The summed E-state index contributed by atoms with van der Waals surface area (Å²) in [6.07, 6.45) is 0. The molecule has 0 unspecified atom stereocenters. The Labute approximate surface area is 165 Å². The first-order valence-corrected chi connectivity index (χ1v) is 9.62. The van der Waals surface area contributed by atoms with Crippen LogP contribution in [0.25, 0.3) is 10.8 Å². The summed E-state index contributed by atoms with van der Waals surface area (Å²) in [6.45, 7) is 4.04. The minimum absolute atomic E-state index is 0.0302. The van der Waals surface area contributed by atoms with E-state index in [0.717, 1.165) is 54.9 Å². The summed E-state index contributed by atoms with van der Waals surface area (Å²) in [7, 11) is 1.69. The van der Waals surface area contributed by atoms with E-state index in [1.54, 1.807) is 7.11 Å². The summed E-state index contributed by atoms with van der Waals surface area (Å²) < 4.78 is 5.30. The Balaban J connectivity index is 1.35. The van der Waals surface area contributed by atoms with Gasteiger partial charge in [-0.15, -0.1) is 0 Å². The maximum atomic E-state index is 12.7. The summed E-state index contributed by atoms with van der Waals surface area (Å²) >= 11 is 0. The number of methoxy groups -OCH3 is 1. The van der Waals surface area contributed by atoms with Gasteiger partial charge in [-0.3, -0.25) is 4.90 Å². The largest absolute Gasteiger partial charge is 0.497 e. The maximum absolute atomic E-state index is 12.7. The van der Waals surface area contributed by atoms with E-state index in [0.29, 0.717) is 0 Å². The normalized spacial score (nSPS) is 14.8. The molecule has 1 fully saturated rings. The molecular formula is C23H25N3O2. The number of rotatable bonds is 4. The smallest absolute Gasteiger partial charge is 0.321 e. The molecule has 3 aromatic carbocycles. The number of carbonyl (C=O) groups excluding carboxylic acids is 1. The standard InChI is InChI=1S/C23H25N3O2/c1-28-20-9-4-6-18(16-20)17-25-12-14-26(15-13-25)23(27)24-22-11-5-8-19-7-2-3-10-21(19)22/h2-11,16H,12-15,17H2,1H3,(H,24,27). The van der Waals surface area contributed by atoms with Gasteiger partial charge in [-0.2, -0.15) is 0 Å². The lowest BCUT2D eigenvalue weighted by atomic mass is 10.1. The zero-order valence-electron chi connectivity index (χ0n) is 16.1. The van der Waals surface area contributed by atoms with Crippen molar-refractivity contribution in [3.63, 3.8) is 0 Å². The fraction of sp³-hybridized carbons (Fsp3) is 0.261. The highest BCUT2D eigenvalue weighted by Crippen LogP contribution is 2.23. The van der Waals surface area contributed by atoms with Crippen molar-refractivity contribution in [3.05, 3.63) is 72.3 Å². The van der Waals surface area contributed by atoms with Crippen molar-refractivity contribution in [2.24, 2.45) is 0 Å². The molecule has 1 aliphatic heterocycles. The molecule has 3 aromatic rings. The van der Waals surface area contributed by atoms with Gasteiger partial charge in [-0.05, 0) is 29.1 Å². The quantitative estimate of drug-likeness (QED) is 0.743. The first kappa shape index (κ1) is 18.3. The first-order valence-electron chi connectivity index (χ1n) is 9.62. The number of benzene rings is 3. The first-order chi connectivity index (χ1) is 13.7.